The molecule has 2 aliphatic rings. The number of sulfone groups is 1. The number of carbonyl (C=O) groups excluding carboxylic acids is 1. The molecule has 1 aromatic rings. The van der Waals surface area contributed by atoms with Crippen LogP contribution in [-0.4, -0.2) is 42.3 Å². The normalized spacial score (nSPS) is 26.9. The molecule has 0 unspecified atom stereocenters. The topological polar surface area (TPSA) is 66.8 Å². The van der Waals surface area contributed by atoms with Crippen LogP contribution in [0, 0.1) is 19.3 Å². The zero-order chi connectivity index (χ0) is 18.6. The molecule has 0 bridgehead atoms. The summed E-state index contributed by atoms with van der Waals surface area (Å²) in [5.74, 6) is 0.0684. The molecule has 136 valence electrons. The average molecular weight is 381 g/mol. The number of fused-ring (bicyclic) bond motifs is 1. The van der Waals surface area contributed by atoms with Crippen molar-refractivity contribution in [3.05, 3.63) is 29.3 Å². The number of rotatable bonds is 1. The van der Waals surface area contributed by atoms with E-state index in [1.54, 1.807) is 0 Å². The van der Waals surface area contributed by atoms with Gasteiger partial charge in [0.2, 0.25) is 0 Å². The number of hydrogen-bond donors (Lipinski definition) is 0. The first kappa shape index (κ1) is 18.5. The summed E-state index contributed by atoms with van der Waals surface area (Å²) in [4.78, 5) is 18.7. The molecule has 0 aromatic heterocycles. The summed E-state index contributed by atoms with van der Waals surface area (Å²) in [6.45, 7) is 9.58. The highest BCUT2D eigenvalue weighted by Gasteiger charge is 2.49. The van der Waals surface area contributed by atoms with Gasteiger partial charge in [-0.15, -0.1) is 0 Å². The van der Waals surface area contributed by atoms with Crippen LogP contribution in [0.2, 0.25) is 0 Å². The summed E-state index contributed by atoms with van der Waals surface area (Å²) in [7, 11) is -3.05. The van der Waals surface area contributed by atoms with Gasteiger partial charge in [0.1, 0.15) is 0 Å². The van der Waals surface area contributed by atoms with Gasteiger partial charge in [0.15, 0.2) is 15.0 Å². The van der Waals surface area contributed by atoms with E-state index in [2.05, 4.69) is 4.99 Å². The molecule has 7 heteroatoms. The first-order valence-electron chi connectivity index (χ1n) is 8.35. The maximum absolute atomic E-state index is 12.4. The molecule has 25 heavy (non-hydrogen) atoms. The van der Waals surface area contributed by atoms with Gasteiger partial charge in [-0.3, -0.25) is 4.79 Å². The van der Waals surface area contributed by atoms with Crippen molar-refractivity contribution in [1.29, 1.82) is 0 Å². The zero-order valence-corrected chi connectivity index (χ0v) is 16.9. The number of benzene rings is 1. The molecule has 0 radical (unpaired) electrons. The second-order valence-electron chi connectivity index (χ2n) is 7.89. The fourth-order valence-corrected chi connectivity index (χ4v) is 6.91. The SMILES string of the molecule is Cc1ccc(N2C(=NC(=O)C(C)(C)C)S[C@H]3CS(=O)(=O)C[C@@H]32)cc1C. The van der Waals surface area contributed by atoms with E-state index in [0.717, 1.165) is 11.3 Å². The minimum absolute atomic E-state index is 0.0712. The number of hydrogen-bond acceptors (Lipinski definition) is 4. The van der Waals surface area contributed by atoms with Crippen molar-refractivity contribution in [3.63, 3.8) is 0 Å². The summed E-state index contributed by atoms with van der Waals surface area (Å²) >= 11 is 1.42. The molecule has 2 saturated heterocycles. The van der Waals surface area contributed by atoms with Crippen molar-refractivity contribution >= 4 is 38.4 Å². The second-order valence-corrected chi connectivity index (χ2v) is 11.2. The Morgan fingerprint density at radius 1 is 1.20 bits per heavy atom. The molecule has 5 nitrogen and oxygen atoms in total. The Bertz CT molecular complexity index is 854. The average Bonchev–Trinajstić information content (AvgIpc) is 2.92. The lowest BCUT2D eigenvalue weighted by atomic mass is 9.96. The summed E-state index contributed by atoms with van der Waals surface area (Å²) in [5.41, 5.74) is 2.65. The van der Waals surface area contributed by atoms with Crippen LogP contribution in [-0.2, 0) is 14.6 Å². The van der Waals surface area contributed by atoms with Crippen molar-refractivity contribution in [2.75, 3.05) is 16.4 Å². The summed E-state index contributed by atoms with van der Waals surface area (Å²) in [6, 6.07) is 5.88. The van der Waals surface area contributed by atoms with Gasteiger partial charge in [0.05, 0.1) is 17.5 Å². The van der Waals surface area contributed by atoms with E-state index in [4.69, 9.17) is 0 Å². The van der Waals surface area contributed by atoms with E-state index in [-0.39, 0.29) is 28.7 Å². The fraction of sp³-hybridized carbons (Fsp3) is 0.556. The van der Waals surface area contributed by atoms with Gasteiger partial charge in [0.25, 0.3) is 5.91 Å². The van der Waals surface area contributed by atoms with Crippen LogP contribution in [0.15, 0.2) is 23.2 Å². The first-order chi connectivity index (χ1) is 11.5. The minimum atomic E-state index is -3.05. The Balaban J connectivity index is 2.05. The Morgan fingerprint density at radius 2 is 1.88 bits per heavy atom. The number of nitrogens with zero attached hydrogens (tertiary/aromatic N) is 2. The Kier molecular flexibility index (Phi) is 4.52. The first-order valence-corrected chi connectivity index (χ1v) is 11.0. The van der Waals surface area contributed by atoms with Gasteiger partial charge in [-0.05, 0) is 37.1 Å². The molecule has 1 aromatic carbocycles. The maximum Gasteiger partial charge on any atom is 0.253 e. The van der Waals surface area contributed by atoms with E-state index in [1.807, 2.05) is 57.7 Å². The van der Waals surface area contributed by atoms with E-state index in [1.165, 1.54) is 17.3 Å². The fourth-order valence-electron chi connectivity index (χ4n) is 3.00. The van der Waals surface area contributed by atoms with Crippen molar-refractivity contribution < 1.29 is 13.2 Å². The predicted octanol–water partition coefficient (Wildman–Crippen LogP) is 2.95. The van der Waals surface area contributed by atoms with Crippen LogP contribution in [0.4, 0.5) is 5.69 Å². The third kappa shape index (κ3) is 3.62. The molecule has 2 aliphatic heterocycles. The third-order valence-corrected chi connectivity index (χ3v) is 7.88. The lowest BCUT2D eigenvalue weighted by Crippen LogP contribution is -2.38. The lowest BCUT2D eigenvalue weighted by molar-refractivity contribution is -0.124. The van der Waals surface area contributed by atoms with Crippen LogP contribution >= 0.6 is 11.8 Å². The highest BCUT2D eigenvalue weighted by atomic mass is 32.2. The molecule has 2 fully saturated rings. The van der Waals surface area contributed by atoms with Crippen LogP contribution < -0.4 is 4.90 Å². The van der Waals surface area contributed by atoms with Gasteiger partial charge >= 0.3 is 0 Å². The number of aryl methyl sites for hydroxylation is 2. The van der Waals surface area contributed by atoms with Crippen molar-refractivity contribution in [1.82, 2.24) is 0 Å². The number of carbonyl (C=O) groups is 1. The van der Waals surface area contributed by atoms with Gasteiger partial charge in [-0.1, -0.05) is 38.6 Å². The third-order valence-electron chi connectivity index (χ3n) is 4.67. The van der Waals surface area contributed by atoms with Gasteiger partial charge in [0, 0.05) is 16.4 Å². The second kappa shape index (κ2) is 6.13. The van der Waals surface area contributed by atoms with Crippen LogP contribution in [0.3, 0.4) is 0 Å². The molecule has 0 spiro atoms. The van der Waals surface area contributed by atoms with Crippen LogP contribution in [0.1, 0.15) is 31.9 Å². The number of aliphatic imine (C=N–C) groups is 1. The van der Waals surface area contributed by atoms with E-state index < -0.39 is 15.3 Å². The molecule has 2 atom stereocenters. The predicted molar refractivity (Wildman–Crippen MR) is 104 cm³/mol. The Hall–Kier alpha value is -1.34. The van der Waals surface area contributed by atoms with E-state index in [0.29, 0.717) is 5.17 Å². The number of anilines is 1. The van der Waals surface area contributed by atoms with Gasteiger partial charge in [-0.25, -0.2) is 8.42 Å². The molecule has 2 heterocycles. The van der Waals surface area contributed by atoms with Crippen molar-refractivity contribution in [3.8, 4) is 0 Å². The molecule has 3 rings (SSSR count). The Labute approximate surface area is 153 Å². The van der Waals surface area contributed by atoms with Crippen LogP contribution in [0.5, 0.6) is 0 Å². The monoisotopic (exact) mass is 380 g/mol. The van der Waals surface area contributed by atoms with E-state index in [9.17, 15) is 13.2 Å². The number of thioether (sulfide) groups is 1. The maximum atomic E-state index is 12.4. The van der Waals surface area contributed by atoms with Crippen molar-refractivity contribution in [2.24, 2.45) is 10.4 Å². The highest BCUT2D eigenvalue weighted by Crippen LogP contribution is 2.41. The minimum Gasteiger partial charge on any atom is -0.316 e. The van der Waals surface area contributed by atoms with Crippen LogP contribution in [0.25, 0.3) is 0 Å². The quantitative estimate of drug-likeness (QED) is 0.749. The van der Waals surface area contributed by atoms with E-state index >= 15 is 0 Å². The molecule has 0 saturated carbocycles. The molecule has 0 N–H and O–H groups in total. The zero-order valence-electron chi connectivity index (χ0n) is 15.2. The highest BCUT2D eigenvalue weighted by molar-refractivity contribution is 8.16. The largest absolute Gasteiger partial charge is 0.316 e. The summed E-state index contributed by atoms with van der Waals surface area (Å²) in [5, 5.41) is 0.547. The Morgan fingerprint density at radius 3 is 2.48 bits per heavy atom. The number of amidine groups is 1. The molecule has 1 amide bonds. The summed E-state index contributed by atoms with van der Waals surface area (Å²) in [6.07, 6.45) is 0. The number of amides is 1. The van der Waals surface area contributed by atoms with Gasteiger partial charge < -0.3 is 4.90 Å². The summed E-state index contributed by atoms with van der Waals surface area (Å²) < 4.78 is 24.2. The smallest absolute Gasteiger partial charge is 0.253 e. The standard InChI is InChI=1S/C18H24N2O3S2/c1-11-6-7-13(8-12(11)2)20-14-9-25(22,23)10-15(14)24-17(20)19-16(21)18(3,4)5/h6-8,14-15H,9-10H2,1-5H3/t14-,15-/m0/s1. The van der Waals surface area contributed by atoms with Crippen molar-refractivity contribution in [2.45, 2.75) is 45.9 Å². The molecular weight excluding hydrogens is 356 g/mol. The lowest BCUT2D eigenvalue weighted by Gasteiger charge is -2.25. The van der Waals surface area contributed by atoms with Gasteiger partial charge in [-0.2, -0.15) is 4.99 Å². The molecule has 0 aliphatic carbocycles. The molecular formula is C18H24N2O3S2.